The number of carbonyl (C=O) groups excluding carboxylic acids is 1. The second-order valence-electron chi connectivity index (χ2n) is 6.72. The lowest BCUT2D eigenvalue weighted by atomic mass is 10.1. The molecule has 0 radical (unpaired) electrons. The highest BCUT2D eigenvalue weighted by molar-refractivity contribution is 8.05. The van der Waals surface area contributed by atoms with Crippen molar-refractivity contribution in [2.75, 3.05) is 11.2 Å². The van der Waals surface area contributed by atoms with Crippen molar-refractivity contribution >= 4 is 49.0 Å². The third-order valence-electron chi connectivity index (χ3n) is 3.89. The van der Waals surface area contributed by atoms with Gasteiger partial charge in [0.25, 0.3) is 0 Å². The standard InChI is InChI=1S/C16H17ClFN3O5S/c1-16(2)7-15(21-26-16)27(23,24)8-12-9-5-11(19-14(22)3-4-17)10(18)6-13(9)25-20-12/h5-6H,3-4,7-8H2,1-2H3,(H,19,22). The first-order valence-corrected chi connectivity index (χ1v) is 10.2. The van der Waals surface area contributed by atoms with Crippen molar-refractivity contribution in [1.82, 2.24) is 5.16 Å². The smallest absolute Gasteiger partial charge is 0.225 e. The number of amides is 1. The normalized spacial score (nSPS) is 16.2. The predicted molar refractivity (Wildman–Crippen MR) is 97.8 cm³/mol. The zero-order valence-electron chi connectivity index (χ0n) is 14.6. The van der Waals surface area contributed by atoms with Crippen molar-refractivity contribution in [2.24, 2.45) is 5.16 Å². The van der Waals surface area contributed by atoms with E-state index in [9.17, 15) is 17.6 Å². The number of hydrogen-bond acceptors (Lipinski definition) is 7. The number of sulfone groups is 1. The molecule has 0 aliphatic carbocycles. The first kappa shape index (κ1) is 19.6. The molecule has 11 heteroatoms. The number of oxime groups is 1. The Bertz CT molecular complexity index is 1030. The molecule has 146 valence electrons. The third-order valence-corrected chi connectivity index (χ3v) is 5.67. The zero-order valence-corrected chi connectivity index (χ0v) is 16.2. The van der Waals surface area contributed by atoms with Crippen LogP contribution < -0.4 is 5.32 Å². The van der Waals surface area contributed by atoms with Gasteiger partial charge in [-0.2, -0.15) is 0 Å². The molecule has 3 rings (SSSR count). The minimum absolute atomic E-state index is 0.0134. The van der Waals surface area contributed by atoms with E-state index in [0.29, 0.717) is 0 Å². The molecule has 1 amide bonds. The minimum atomic E-state index is -3.80. The Morgan fingerprint density at radius 3 is 2.78 bits per heavy atom. The molecule has 1 aliphatic heterocycles. The number of nitrogens with one attached hydrogen (secondary N) is 1. The number of benzene rings is 1. The molecule has 0 unspecified atom stereocenters. The number of halogens is 2. The number of fused-ring (bicyclic) bond motifs is 1. The largest absolute Gasteiger partial charge is 0.389 e. The van der Waals surface area contributed by atoms with Crippen LogP contribution in [0.3, 0.4) is 0 Å². The molecule has 1 aliphatic rings. The molecular formula is C16H17ClFN3O5S. The Labute approximate surface area is 159 Å². The number of rotatable bonds is 5. The molecule has 1 N–H and O–H groups in total. The van der Waals surface area contributed by atoms with Crippen LogP contribution in [0.5, 0.6) is 0 Å². The molecule has 2 heterocycles. The van der Waals surface area contributed by atoms with E-state index in [1.54, 1.807) is 13.8 Å². The highest BCUT2D eigenvalue weighted by atomic mass is 35.5. The van der Waals surface area contributed by atoms with Gasteiger partial charge in [-0.05, 0) is 19.9 Å². The van der Waals surface area contributed by atoms with E-state index in [-0.39, 0.29) is 46.1 Å². The van der Waals surface area contributed by atoms with Crippen LogP contribution in [0.1, 0.15) is 32.4 Å². The molecule has 0 spiro atoms. The van der Waals surface area contributed by atoms with Gasteiger partial charge in [-0.25, -0.2) is 12.8 Å². The molecular weight excluding hydrogens is 401 g/mol. The number of nitrogens with zero attached hydrogens (tertiary/aromatic N) is 2. The van der Waals surface area contributed by atoms with Gasteiger partial charge in [-0.1, -0.05) is 10.3 Å². The average Bonchev–Trinajstić information content (AvgIpc) is 3.11. The van der Waals surface area contributed by atoms with E-state index in [1.165, 1.54) is 6.07 Å². The molecule has 8 nitrogen and oxygen atoms in total. The van der Waals surface area contributed by atoms with E-state index in [0.717, 1.165) is 6.07 Å². The second kappa shape index (κ2) is 7.08. The molecule has 0 fully saturated rings. The van der Waals surface area contributed by atoms with Crippen molar-refractivity contribution in [1.29, 1.82) is 0 Å². The van der Waals surface area contributed by atoms with Gasteiger partial charge in [0.2, 0.25) is 15.7 Å². The van der Waals surface area contributed by atoms with Gasteiger partial charge in [0, 0.05) is 30.2 Å². The molecule has 0 saturated heterocycles. The Kier molecular flexibility index (Phi) is 5.13. The van der Waals surface area contributed by atoms with Crippen LogP contribution in [0.25, 0.3) is 11.0 Å². The van der Waals surface area contributed by atoms with Gasteiger partial charge < -0.3 is 14.7 Å². The highest BCUT2D eigenvalue weighted by Crippen LogP contribution is 2.30. The Hall–Kier alpha value is -2.20. The summed E-state index contributed by atoms with van der Waals surface area (Å²) in [4.78, 5) is 16.8. The van der Waals surface area contributed by atoms with Crippen molar-refractivity contribution < 1.29 is 27.0 Å². The fourth-order valence-electron chi connectivity index (χ4n) is 2.54. The van der Waals surface area contributed by atoms with E-state index in [2.05, 4.69) is 15.6 Å². The Morgan fingerprint density at radius 2 is 2.15 bits per heavy atom. The number of carbonyl (C=O) groups is 1. The topological polar surface area (TPSA) is 111 Å². The monoisotopic (exact) mass is 417 g/mol. The molecule has 1 aromatic heterocycles. The summed E-state index contributed by atoms with van der Waals surface area (Å²) in [6.45, 7) is 3.45. The Morgan fingerprint density at radius 1 is 1.41 bits per heavy atom. The maximum Gasteiger partial charge on any atom is 0.225 e. The average molecular weight is 418 g/mol. The molecule has 0 atom stereocenters. The van der Waals surface area contributed by atoms with Crippen LogP contribution >= 0.6 is 11.6 Å². The van der Waals surface area contributed by atoms with Gasteiger partial charge in [0.05, 0.1) is 5.69 Å². The predicted octanol–water partition coefficient (Wildman–Crippen LogP) is 2.96. The summed E-state index contributed by atoms with van der Waals surface area (Å²) in [5.41, 5.74) is -0.650. The van der Waals surface area contributed by atoms with Gasteiger partial charge >= 0.3 is 0 Å². The van der Waals surface area contributed by atoms with Gasteiger partial charge in [0.1, 0.15) is 17.0 Å². The summed E-state index contributed by atoms with van der Waals surface area (Å²) in [5.74, 6) is -1.59. The molecule has 0 bridgehead atoms. The van der Waals surface area contributed by atoms with E-state index in [4.69, 9.17) is 21.0 Å². The number of aromatic nitrogens is 1. The molecule has 2 aromatic rings. The minimum Gasteiger partial charge on any atom is -0.389 e. The third kappa shape index (κ3) is 4.22. The zero-order chi connectivity index (χ0) is 19.8. The summed E-state index contributed by atoms with van der Waals surface area (Å²) in [7, 11) is -3.80. The van der Waals surface area contributed by atoms with Crippen molar-refractivity contribution in [2.45, 2.75) is 38.0 Å². The van der Waals surface area contributed by atoms with Crippen LogP contribution in [-0.2, 0) is 25.2 Å². The SMILES string of the molecule is CC1(C)CC(S(=O)(=O)Cc2noc3cc(F)c(NC(=O)CCCl)cc23)=NO1. The van der Waals surface area contributed by atoms with E-state index in [1.807, 2.05) is 0 Å². The van der Waals surface area contributed by atoms with Gasteiger partial charge in [0.15, 0.2) is 16.4 Å². The van der Waals surface area contributed by atoms with Crippen molar-refractivity contribution in [3.63, 3.8) is 0 Å². The molecule has 1 aromatic carbocycles. The lowest BCUT2D eigenvalue weighted by molar-refractivity contribution is -0.115. The molecule has 0 saturated carbocycles. The van der Waals surface area contributed by atoms with Gasteiger partial charge in [-0.3, -0.25) is 4.79 Å². The van der Waals surface area contributed by atoms with Crippen LogP contribution in [0.15, 0.2) is 21.8 Å². The summed E-state index contributed by atoms with van der Waals surface area (Å²) >= 11 is 5.49. The van der Waals surface area contributed by atoms with Crippen LogP contribution in [0, 0.1) is 5.82 Å². The first-order valence-electron chi connectivity index (χ1n) is 8.03. The summed E-state index contributed by atoms with van der Waals surface area (Å²) in [6.07, 6.45) is 0.152. The van der Waals surface area contributed by atoms with Crippen LogP contribution in [-0.4, -0.2) is 36.0 Å². The fourth-order valence-corrected chi connectivity index (χ4v) is 4.17. The summed E-state index contributed by atoms with van der Waals surface area (Å²) in [6, 6.07) is 2.32. The molecule has 27 heavy (non-hydrogen) atoms. The maximum absolute atomic E-state index is 14.1. The van der Waals surface area contributed by atoms with E-state index < -0.39 is 32.9 Å². The fraction of sp³-hybridized carbons (Fsp3) is 0.438. The quantitative estimate of drug-likeness (QED) is 0.748. The number of hydrogen-bond donors (Lipinski definition) is 1. The maximum atomic E-state index is 14.1. The Balaban J connectivity index is 1.90. The second-order valence-corrected chi connectivity index (χ2v) is 9.08. The van der Waals surface area contributed by atoms with Crippen molar-refractivity contribution in [3.8, 4) is 0 Å². The lowest BCUT2D eigenvalue weighted by Gasteiger charge is -2.13. The van der Waals surface area contributed by atoms with Gasteiger partial charge in [-0.15, -0.1) is 11.6 Å². The lowest BCUT2D eigenvalue weighted by Crippen LogP contribution is -2.23. The van der Waals surface area contributed by atoms with Crippen LogP contribution in [0.4, 0.5) is 10.1 Å². The summed E-state index contributed by atoms with van der Waals surface area (Å²) < 4.78 is 44.3. The summed E-state index contributed by atoms with van der Waals surface area (Å²) in [5, 5.41) is 9.97. The van der Waals surface area contributed by atoms with Crippen molar-refractivity contribution in [3.05, 3.63) is 23.6 Å². The van der Waals surface area contributed by atoms with Crippen LogP contribution in [0.2, 0.25) is 0 Å². The number of alkyl halides is 1. The van der Waals surface area contributed by atoms with E-state index >= 15 is 0 Å². The number of anilines is 1. The first-order chi connectivity index (χ1) is 12.6. The highest BCUT2D eigenvalue weighted by Gasteiger charge is 2.36.